The van der Waals surface area contributed by atoms with Crippen molar-refractivity contribution >= 4 is 23.6 Å². The number of nitrogens with zero attached hydrogens (tertiary/aromatic N) is 1. The quantitative estimate of drug-likeness (QED) is 0.179. The van der Waals surface area contributed by atoms with Crippen LogP contribution in [0.5, 0.6) is 0 Å². The molecule has 2 rings (SSSR count). The molecule has 0 fully saturated rings. The third-order valence-electron chi connectivity index (χ3n) is 5.43. The Labute approximate surface area is 200 Å². The molecule has 2 aromatic carbocycles. The Morgan fingerprint density at radius 1 is 0.647 bits per heavy atom. The monoisotopic (exact) mass is 466 g/mol. The smallest absolute Gasteiger partial charge is 0.279 e. The van der Waals surface area contributed by atoms with Gasteiger partial charge in [0.25, 0.3) is 11.8 Å². The van der Waals surface area contributed by atoms with Crippen molar-refractivity contribution in [2.75, 3.05) is 0 Å². The molecule has 0 saturated carbocycles. The number of carbonyl (C=O) groups is 4. The van der Waals surface area contributed by atoms with Gasteiger partial charge in [-0.25, -0.2) is 5.84 Å². The van der Waals surface area contributed by atoms with E-state index in [1.807, 2.05) is 0 Å². The zero-order valence-corrected chi connectivity index (χ0v) is 19.5. The molecule has 0 atom stereocenters. The standard InChI is InChI=1S/C26H34N4O4/c27-28-23(31)19-13-5-3-1-2-4-6-14-20-24(32)30(26(34)22-17-11-8-12-18-22)29-25(33)21-15-9-7-10-16-21/h7-12,15-18H,1-6,13-14,19-20,27H2,(H,28,31)(H,29,33). The summed E-state index contributed by atoms with van der Waals surface area (Å²) in [4.78, 5) is 49.4. The third-order valence-corrected chi connectivity index (χ3v) is 5.43. The lowest BCUT2D eigenvalue weighted by atomic mass is 10.1. The summed E-state index contributed by atoms with van der Waals surface area (Å²) in [5.74, 6) is 3.41. The molecule has 182 valence electrons. The Bertz CT molecular complexity index is 919. The summed E-state index contributed by atoms with van der Waals surface area (Å²) in [5, 5.41) is 0.835. The van der Waals surface area contributed by atoms with Crippen molar-refractivity contribution < 1.29 is 19.2 Å². The van der Waals surface area contributed by atoms with E-state index in [2.05, 4.69) is 10.9 Å². The first-order valence-corrected chi connectivity index (χ1v) is 11.8. The zero-order chi connectivity index (χ0) is 24.6. The predicted octanol–water partition coefficient (Wildman–Crippen LogP) is 3.89. The van der Waals surface area contributed by atoms with Crippen LogP contribution in [0.25, 0.3) is 0 Å². The van der Waals surface area contributed by atoms with Crippen LogP contribution >= 0.6 is 0 Å². The Balaban J connectivity index is 1.79. The Hall–Kier alpha value is -3.52. The molecule has 0 unspecified atom stereocenters. The van der Waals surface area contributed by atoms with Gasteiger partial charge < -0.3 is 0 Å². The maximum Gasteiger partial charge on any atom is 0.279 e. The van der Waals surface area contributed by atoms with Gasteiger partial charge in [0, 0.05) is 24.0 Å². The van der Waals surface area contributed by atoms with Gasteiger partial charge in [-0.05, 0) is 37.1 Å². The normalized spacial score (nSPS) is 10.4. The van der Waals surface area contributed by atoms with E-state index in [9.17, 15) is 19.2 Å². The number of imide groups is 1. The van der Waals surface area contributed by atoms with E-state index >= 15 is 0 Å². The van der Waals surface area contributed by atoms with Crippen LogP contribution in [0, 0.1) is 0 Å². The number of carbonyl (C=O) groups excluding carboxylic acids is 4. The van der Waals surface area contributed by atoms with Gasteiger partial charge in [-0.1, -0.05) is 74.9 Å². The summed E-state index contributed by atoms with van der Waals surface area (Å²) >= 11 is 0. The molecule has 0 aliphatic carbocycles. The Morgan fingerprint density at radius 2 is 1.12 bits per heavy atom. The molecule has 0 heterocycles. The van der Waals surface area contributed by atoms with Crippen LogP contribution in [0.15, 0.2) is 60.7 Å². The van der Waals surface area contributed by atoms with Gasteiger partial charge in [0.1, 0.15) is 0 Å². The van der Waals surface area contributed by atoms with Gasteiger partial charge in [-0.15, -0.1) is 0 Å². The van der Waals surface area contributed by atoms with Crippen LogP contribution < -0.4 is 16.7 Å². The van der Waals surface area contributed by atoms with Crippen LogP contribution in [-0.4, -0.2) is 28.6 Å². The highest BCUT2D eigenvalue weighted by Crippen LogP contribution is 2.12. The second-order valence-corrected chi connectivity index (χ2v) is 8.10. The second-order valence-electron chi connectivity index (χ2n) is 8.10. The summed E-state index contributed by atoms with van der Waals surface area (Å²) in [6.45, 7) is 0. The molecular weight excluding hydrogens is 432 g/mol. The van der Waals surface area contributed by atoms with E-state index in [1.54, 1.807) is 60.7 Å². The highest BCUT2D eigenvalue weighted by molar-refractivity contribution is 6.07. The van der Waals surface area contributed by atoms with Crippen molar-refractivity contribution in [3.63, 3.8) is 0 Å². The van der Waals surface area contributed by atoms with Gasteiger partial charge in [-0.2, -0.15) is 5.01 Å². The first-order valence-electron chi connectivity index (χ1n) is 11.8. The van der Waals surface area contributed by atoms with Gasteiger partial charge >= 0.3 is 0 Å². The molecular formula is C26H34N4O4. The zero-order valence-electron chi connectivity index (χ0n) is 19.5. The van der Waals surface area contributed by atoms with E-state index in [1.165, 1.54) is 0 Å². The number of rotatable bonds is 13. The van der Waals surface area contributed by atoms with E-state index in [4.69, 9.17) is 5.84 Å². The van der Waals surface area contributed by atoms with Crippen LogP contribution in [0.3, 0.4) is 0 Å². The maximum absolute atomic E-state index is 12.9. The fourth-order valence-electron chi connectivity index (χ4n) is 3.50. The number of hydrazine groups is 2. The molecule has 8 heteroatoms. The fraction of sp³-hybridized carbons (Fsp3) is 0.385. The average Bonchev–Trinajstić information content (AvgIpc) is 2.88. The molecule has 0 bridgehead atoms. The van der Waals surface area contributed by atoms with Crippen LogP contribution in [0.1, 0.15) is 84.9 Å². The minimum absolute atomic E-state index is 0.135. The number of benzene rings is 2. The summed E-state index contributed by atoms with van der Waals surface area (Å²) in [6, 6.07) is 16.9. The van der Waals surface area contributed by atoms with Crippen LogP contribution in [-0.2, 0) is 9.59 Å². The first-order chi connectivity index (χ1) is 16.5. The number of amides is 4. The third kappa shape index (κ3) is 9.54. The molecule has 0 aromatic heterocycles. The Kier molecular flexibility index (Phi) is 12.1. The lowest BCUT2D eigenvalue weighted by molar-refractivity contribution is -0.130. The van der Waals surface area contributed by atoms with Crippen molar-refractivity contribution in [2.45, 2.75) is 64.2 Å². The Morgan fingerprint density at radius 3 is 1.65 bits per heavy atom. The van der Waals surface area contributed by atoms with E-state index in [0.29, 0.717) is 24.0 Å². The van der Waals surface area contributed by atoms with Crippen LogP contribution in [0.2, 0.25) is 0 Å². The van der Waals surface area contributed by atoms with Gasteiger partial charge in [0.15, 0.2) is 0 Å². The lowest BCUT2D eigenvalue weighted by Crippen LogP contribution is -2.49. The van der Waals surface area contributed by atoms with E-state index in [0.717, 1.165) is 50.0 Å². The minimum atomic E-state index is -0.557. The van der Waals surface area contributed by atoms with Crippen molar-refractivity contribution in [2.24, 2.45) is 5.84 Å². The summed E-state index contributed by atoms with van der Waals surface area (Å²) < 4.78 is 0. The number of hydrogen-bond acceptors (Lipinski definition) is 5. The second kappa shape index (κ2) is 15.3. The van der Waals surface area contributed by atoms with Crippen molar-refractivity contribution in [3.05, 3.63) is 71.8 Å². The van der Waals surface area contributed by atoms with Crippen molar-refractivity contribution in [1.82, 2.24) is 15.9 Å². The lowest BCUT2D eigenvalue weighted by Gasteiger charge is -2.21. The largest absolute Gasteiger partial charge is 0.294 e. The number of unbranched alkanes of at least 4 members (excludes halogenated alkanes) is 7. The highest BCUT2D eigenvalue weighted by Gasteiger charge is 2.25. The molecule has 0 aliphatic heterocycles. The first kappa shape index (κ1) is 26.7. The van der Waals surface area contributed by atoms with Crippen molar-refractivity contribution in [1.29, 1.82) is 0 Å². The summed E-state index contributed by atoms with van der Waals surface area (Å²) in [6.07, 6.45) is 8.11. The fourth-order valence-corrected chi connectivity index (χ4v) is 3.50. The van der Waals surface area contributed by atoms with Gasteiger partial charge in [-0.3, -0.25) is 30.0 Å². The van der Waals surface area contributed by atoms with E-state index in [-0.39, 0.29) is 12.3 Å². The number of hydrogen-bond donors (Lipinski definition) is 3. The molecule has 34 heavy (non-hydrogen) atoms. The topological polar surface area (TPSA) is 122 Å². The molecule has 2 aromatic rings. The van der Waals surface area contributed by atoms with Crippen molar-refractivity contribution in [3.8, 4) is 0 Å². The molecule has 0 saturated heterocycles. The van der Waals surface area contributed by atoms with Gasteiger partial charge in [0.05, 0.1) is 0 Å². The molecule has 0 radical (unpaired) electrons. The SMILES string of the molecule is NNC(=O)CCCCCCCCCCC(=O)N(NC(=O)c1ccccc1)C(=O)c1ccccc1. The molecule has 4 amide bonds. The maximum atomic E-state index is 12.9. The number of nitrogens with one attached hydrogen (secondary N) is 2. The van der Waals surface area contributed by atoms with E-state index < -0.39 is 17.7 Å². The number of nitrogens with two attached hydrogens (primary N) is 1. The van der Waals surface area contributed by atoms with Gasteiger partial charge in [0.2, 0.25) is 11.8 Å². The summed E-state index contributed by atoms with van der Waals surface area (Å²) in [5.41, 5.74) is 5.30. The predicted molar refractivity (Wildman–Crippen MR) is 130 cm³/mol. The minimum Gasteiger partial charge on any atom is -0.294 e. The highest BCUT2D eigenvalue weighted by atomic mass is 16.2. The van der Waals surface area contributed by atoms with Crippen LogP contribution in [0.4, 0.5) is 0 Å². The molecule has 0 spiro atoms. The molecule has 4 N–H and O–H groups in total. The molecule has 0 aliphatic rings. The molecule has 8 nitrogen and oxygen atoms in total. The average molecular weight is 467 g/mol. The summed E-state index contributed by atoms with van der Waals surface area (Å²) in [7, 11) is 0.